The van der Waals surface area contributed by atoms with Gasteiger partial charge in [0.1, 0.15) is 11.2 Å². The molecule has 0 bridgehead atoms. The van der Waals surface area contributed by atoms with Crippen LogP contribution in [-0.2, 0) is 5.41 Å². The molecule has 218 valence electrons. The molecule has 0 unspecified atom stereocenters. The van der Waals surface area contributed by atoms with Gasteiger partial charge in [-0.1, -0.05) is 98.8 Å². The number of fused-ring (bicyclic) bond motifs is 11. The lowest BCUT2D eigenvalue weighted by Gasteiger charge is -2.27. The summed E-state index contributed by atoms with van der Waals surface area (Å²) in [5, 5.41) is 7.33. The first-order chi connectivity index (χ1) is 22.5. The highest BCUT2D eigenvalue weighted by atomic mass is 32.1. The number of thiophene rings is 1. The zero-order valence-corrected chi connectivity index (χ0v) is 26.4. The van der Waals surface area contributed by atoms with Gasteiger partial charge >= 0.3 is 0 Å². The zero-order chi connectivity index (χ0) is 30.6. The lowest BCUT2D eigenvalue weighted by molar-refractivity contribution is 0.660. The first-order valence-corrected chi connectivity index (χ1v) is 16.7. The molecule has 0 amide bonds. The molecule has 0 spiro atoms. The van der Waals surface area contributed by atoms with E-state index in [1.807, 2.05) is 17.4 Å². The molecule has 0 saturated heterocycles. The number of nitrogens with zero attached hydrogens (tertiary/aromatic N) is 1. The van der Waals surface area contributed by atoms with Gasteiger partial charge in [-0.25, -0.2) is 0 Å². The topological polar surface area (TPSA) is 16.4 Å². The van der Waals surface area contributed by atoms with E-state index in [-0.39, 0.29) is 5.41 Å². The van der Waals surface area contributed by atoms with E-state index >= 15 is 0 Å². The van der Waals surface area contributed by atoms with Gasteiger partial charge in [-0.15, -0.1) is 11.3 Å². The standard InChI is InChI=1S/C43H29NOS/c1-43(2)36-12-6-3-9-30(36)35-24-28(19-21-37(35)43)44(29-18-20-32-31-10-5-8-14-40(31)46-41(32)25-29)27-17-15-26-16-22-39-42(34(26)23-27)33-11-4-7-13-38(33)45-39/h3-25H,1-2H3. The van der Waals surface area contributed by atoms with Gasteiger partial charge < -0.3 is 9.32 Å². The molecule has 46 heavy (non-hydrogen) atoms. The fourth-order valence-electron chi connectivity index (χ4n) is 7.82. The Morgan fingerprint density at radius 2 is 1.17 bits per heavy atom. The van der Waals surface area contributed by atoms with E-state index in [2.05, 4.69) is 152 Å². The lowest BCUT2D eigenvalue weighted by atomic mass is 9.82. The molecule has 0 N–H and O–H groups in total. The van der Waals surface area contributed by atoms with Crippen molar-refractivity contribution in [3.8, 4) is 11.1 Å². The molecule has 0 aliphatic heterocycles. The van der Waals surface area contributed by atoms with E-state index in [0.29, 0.717) is 0 Å². The molecular weight excluding hydrogens is 579 g/mol. The van der Waals surface area contributed by atoms with Gasteiger partial charge in [0.05, 0.1) is 0 Å². The number of para-hydroxylation sites is 1. The molecule has 0 atom stereocenters. The van der Waals surface area contributed by atoms with Crippen LogP contribution in [0.5, 0.6) is 0 Å². The number of furan rings is 1. The number of anilines is 3. The van der Waals surface area contributed by atoms with Gasteiger partial charge in [0.25, 0.3) is 0 Å². The average molecular weight is 608 g/mol. The Morgan fingerprint density at radius 3 is 2.11 bits per heavy atom. The molecule has 10 rings (SSSR count). The van der Waals surface area contributed by atoms with Crippen LogP contribution in [0.25, 0.3) is 64.0 Å². The van der Waals surface area contributed by atoms with E-state index in [0.717, 1.165) is 33.6 Å². The highest BCUT2D eigenvalue weighted by Gasteiger charge is 2.35. The molecule has 3 heteroatoms. The van der Waals surface area contributed by atoms with Gasteiger partial charge in [-0.05, 0) is 87.6 Å². The van der Waals surface area contributed by atoms with Crippen molar-refractivity contribution in [2.75, 3.05) is 4.90 Å². The van der Waals surface area contributed by atoms with Gasteiger partial charge in [0.15, 0.2) is 0 Å². The van der Waals surface area contributed by atoms with E-state index in [4.69, 9.17) is 4.42 Å². The highest BCUT2D eigenvalue weighted by Crippen LogP contribution is 2.51. The van der Waals surface area contributed by atoms with Crippen molar-refractivity contribution in [2.45, 2.75) is 19.3 Å². The third-order valence-electron chi connectivity index (χ3n) is 10.0. The largest absolute Gasteiger partial charge is 0.456 e. The number of benzene rings is 7. The van der Waals surface area contributed by atoms with Crippen LogP contribution in [0.1, 0.15) is 25.0 Å². The number of hydrogen-bond acceptors (Lipinski definition) is 3. The van der Waals surface area contributed by atoms with Crippen molar-refractivity contribution >= 4 is 81.3 Å². The van der Waals surface area contributed by atoms with E-state index in [9.17, 15) is 0 Å². The average Bonchev–Trinajstić information content (AvgIpc) is 3.73. The van der Waals surface area contributed by atoms with Gasteiger partial charge in [0.2, 0.25) is 0 Å². The van der Waals surface area contributed by atoms with Crippen LogP contribution >= 0.6 is 11.3 Å². The molecule has 2 aromatic heterocycles. The Balaban J connectivity index is 1.24. The molecule has 2 heterocycles. The summed E-state index contributed by atoms with van der Waals surface area (Å²) < 4.78 is 8.91. The minimum absolute atomic E-state index is 0.0395. The fourth-order valence-corrected chi connectivity index (χ4v) is 8.96. The van der Waals surface area contributed by atoms with Gasteiger partial charge in [-0.2, -0.15) is 0 Å². The van der Waals surface area contributed by atoms with Crippen molar-refractivity contribution in [1.82, 2.24) is 0 Å². The van der Waals surface area contributed by atoms with Crippen molar-refractivity contribution in [3.63, 3.8) is 0 Å². The Kier molecular flexibility index (Phi) is 5.25. The normalized spacial score (nSPS) is 13.6. The molecular formula is C43H29NOS. The van der Waals surface area contributed by atoms with Crippen LogP contribution in [-0.4, -0.2) is 0 Å². The summed E-state index contributed by atoms with van der Waals surface area (Å²) in [6, 6.07) is 51.1. The maximum absolute atomic E-state index is 6.30. The Bertz CT molecular complexity index is 2690. The van der Waals surface area contributed by atoms with Crippen LogP contribution < -0.4 is 4.90 Å². The summed E-state index contributed by atoms with van der Waals surface area (Å²) in [7, 11) is 0. The summed E-state index contributed by atoms with van der Waals surface area (Å²) in [6.45, 7) is 4.68. The molecule has 9 aromatic rings. The number of rotatable bonds is 3. The summed E-state index contributed by atoms with van der Waals surface area (Å²) in [4.78, 5) is 2.43. The second-order valence-corrected chi connectivity index (χ2v) is 14.0. The van der Waals surface area contributed by atoms with E-state index in [1.54, 1.807) is 0 Å². The molecule has 1 aliphatic rings. The lowest BCUT2D eigenvalue weighted by Crippen LogP contribution is -2.15. The van der Waals surface area contributed by atoms with Crippen LogP contribution in [0.4, 0.5) is 17.1 Å². The predicted molar refractivity (Wildman–Crippen MR) is 196 cm³/mol. The molecule has 7 aromatic carbocycles. The van der Waals surface area contributed by atoms with Crippen LogP contribution in [0.3, 0.4) is 0 Å². The molecule has 0 fully saturated rings. The van der Waals surface area contributed by atoms with Crippen molar-refractivity contribution in [1.29, 1.82) is 0 Å². The third kappa shape index (κ3) is 3.58. The first kappa shape index (κ1) is 25.9. The molecule has 0 radical (unpaired) electrons. The summed E-state index contributed by atoms with van der Waals surface area (Å²) in [5.41, 5.74) is 10.6. The maximum Gasteiger partial charge on any atom is 0.136 e. The first-order valence-electron chi connectivity index (χ1n) is 15.8. The van der Waals surface area contributed by atoms with Crippen molar-refractivity contribution in [3.05, 3.63) is 151 Å². The Hall–Kier alpha value is -5.38. The smallest absolute Gasteiger partial charge is 0.136 e. The second-order valence-electron chi connectivity index (χ2n) is 13.0. The molecule has 2 nitrogen and oxygen atoms in total. The van der Waals surface area contributed by atoms with Crippen LogP contribution in [0.2, 0.25) is 0 Å². The van der Waals surface area contributed by atoms with Gasteiger partial charge in [-0.3, -0.25) is 0 Å². The predicted octanol–water partition coefficient (Wildman–Crippen LogP) is 12.9. The van der Waals surface area contributed by atoms with Crippen molar-refractivity contribution in [2.24, 2.45) is 0 Å². The zero-order valence-electron chi connectivity index (χ0n) is 25.5. The Morgan fingerprint density at radius 1 is 0.500 bits per heavy atom. The Labute approximate surface area is 270 Å². The van der Waals surface area contributed by atoms with Crippen LogP contribution in [0.15, 0.2) is 144 Å². The molecule has 0 saturated carbocycles. The second kappa shape index (κ2) is 9.32. The number of hydrogen-bond donors (Lipinski definition) is 0. The summed E-state index contributed by atoms with van der Waals surface area (Å²) in [5.74, 6) is 0. The SMILES string of the molecule is CC1(C)c2ccccc2-c2cc(N(c3ccc4c(c3)sc3ccccc34)c3ccc4ccc5oc6ccccc6c5c4c3)ccc21. The maximum atomic E-state index is 6.30. The summed E-state index contributed by atoms with van der Waals surface area (Å²) in [6.07, 6.45) is 0. The molecule has 1 aliphatic carbocycles. The minimum atomic E-state index is -0.0395. The fraction of sp³-hybridized carbons (Fsp3) is 0.0698. The van der Waals surface area contributed by atoms with Crippen molar-refractivity contribution < 1.29 is 4.42 Å². The quantitative estimate of drug-likeness (QED) is 0.199. The third-order valence-corrected chi connectivity index (χ3v) is 11.2. The van der Waals surface area contributed by atoms with Gasteiger partial charge in [0, 0.05) is 53.4 Å². The minimum Gasteiger partial charge on any atom is -0.456 e. The van der Waals surface area contributed by atoms with Crippen LogP contribution in [0, 0.1) is 0 Å². The van der Waals surface area contributed by atoms with E-state index < -0.39 is 0 Å². The monoisotopic (exact) mass is 607 g/mol. The van der Waals surface area contributed by atoms with E-state index in [1.165, 1.54) is 58.6 Å². The highest BCUT2D eigenvalue weighted by molar-refractivity contribution is 7.25. The summed E-state index contributed by atoms with van der Waals surface area (Å²) >= 11 is 1.86.